The standard InChI is InChI=1S/2CHF3O3S.2Hg/c2*2-1(3,4)8(5,6)7;;/h2*(H,5,6,7);;/q;;2*+1/p-2. The van der Waals surface area contributed by atoms with Gasteiger partial charge in [-0.3, -0.25) is 0 Å². The molecule has 0 unspecified atom stereocenters. The molecule has 0 saturated carbocycles. The van der Waals surface area contributed by atoms with Gasteiger partial charge in [-0.25, -0.2) is 16.8 Å². The first-order valence-corrected chi connectivity index (χ1v) is 5.36. The molecule has 0 amide bonds. The van der Waals surface area contributed by atoms with E-state index in [1.165, 1.54) is 0 Å². The first-order valence-electron chi connectivity index (χ1n) is 2.54. The summed E-state index contributed by atoms with van der Waals surface area (Å²) in [5.41, 5.74) is -11.3. The number of hydrogen-bond donors (Lipinski definition) is 0. The summed E-state index contributed by atoms with van der Waals surface area (Å²) in [7, 11) is -12.2. The molecule has 18 heavy (non-hydrogen) atoms. The van der Waals surface area contributed by atoms with Crippen LogP contribution in [0.1, 0.15) is 0 Å². The Labute approximate surface area is 138 Å². The third kappa shape index (κ3) is 12.3. The Morgan fingerprint density at radius 3 is 0.667 bits per heavy atom. The van der Waals surface area contributed by atoms with Crippen LogP contribution in [0, 0.1) is 0 Å². The van der Waals surface area contributed by atoms with Gasteiger partial charge in [0.2, 0.25) is 0 Å². The molecule has 2 radical (unpaired) electrons. The normalized spacial score (nSPS) is 12.4. The summed E-state index contributed by atoms with van der Waals surface area (Å²) in [4.78, 5) is 0. The number of hydrogen-bond acceptors (Lipinski definition) is 6. The van der Waals surface area contributed by atoms with E-state index in [0.717, 1.165) is 0 Å². The van der Waals surface area contributed by atoms with Crippen molar-refractivity contribution in [1.29, 1.82) is 0 Å². The largest absolute Gasteiger partial charge is 1.00 e. The fourth-order valence-corrected chi connectivity index (χ4v) is 0. The van der Waals surface area contributed by atoms with Gasteiger partial charge >= 0.3 is 66.4 Å². The summed E-state index contributed by atoms with van der Waals surface area (Å²) < 4.78 is 118. The SMILES string of the molecule is O=S(=O)([O-])C(F)(F)F.O=S(=O)([O-])C(F)(F)F.[Hg+].[Hg+]. The van der Waals surface area contributed by atoms with Crippen LogP contribution in [0.25, 0.3) is 0 Å². The van der Waals surface area contributed by atoms with E-state index >= 15 is 0 Å². The zero-order valence-corrected chi connectivity index (χ0v) is 20.6. The Bertz CT molecular complexity index is 378. The van der Waals surface area contributed by atoms with Crippen LogP contribution in [0.4, 0.5) is 26.3 Å². The second-order valence-corrected chi connectivity index (χ2v) is 4.54. The van der Waals surface area contributed by atoms with Crippen LogP contribution < -0.4 is 0 Å². The van der Waals surface area contributed by atoms with Gasteiger partial charge in [-0.05, 0) is 0 Å². The first-order chi connectivity index (χ1) is 6.50. The fraction of sp³-hybridized carbons (Fsp3) is 1.00. The molecule has 0 fully saturated rings. The molecule has 0 saturated heterocycles. The Morgan fingerprint density at radius 2 is 0.667 bits per heavy atom. The first kappa shape index (κ1) is 27.6. The van der Waals surface area contributed by atoms with Gasteiger partial charge in [0.1, 0.15) is 0 Å². The van der Waals surface area contributed by atoms with E-state index in [4.69, 9.17) is 25.9 Å². The maximum Gasteiger partial charge on any atom is 1.00 e. The molecule has 0 rings (SSSR count). The number of alkyl halides is 6. The topological polar surface area (TPSA) is 114 Å². The van der Waals surface area contributed by atoms with E-state index < -0.39 is 31.3 Å². The molecule has 0 aliphatic carbocycles. The van der Waals surface area contributed by atoms with E-state index in [2.05, 4.69) is 0 Å². The Balaban J connectivity index is -0.0000000980. The summed E-state index contributed by atoms with van der Waals surface area (Å²) >= 11 is 0. The summed E-state index contributed by atoms with van der Waals surface area (Å²) in [5.74, 6) is 0. The molecule has 0 aliphatic heterocycles. The van der Waals surface area contributed by atoms with Crippen molar-refractivity contribution in [3.63, 3.8) is 0 Å². The molecule has 0 N–H and O–H groups in total. The van der Waals surface area contributed by atoms with Crippen LogP contribution in [0.3, 0.4) is 0 Å². The molecular weight excluding hydrogens is 699 g/mol. The van der Waals surface area contributed by atoms with Crippen LogP contribution in [0.2, 0.25) is 0 Å². The van der Waals surface area contributed by atoms with Crippen LogP contribution in [-0.4, -0.2) is 37.0 Å². The predicted octanol–water partition coefficient (Wildman–Crippen LogP) is 0.0978. The van der Waals surface area contributed by atoms with E-state index in [9.17, 15) is 26.3 Å². The van der Waals surface area contributed by atoms with Crippen LogP contribution in [0.15, 0.2) is 0 Å². The van der Waals surface area contributed by atoms with Gasteiger partial charge in [-0.15, -0.1) is 0 Å². The molecule has 0 aromatic heterocycles. The molecule has 6 nitrogen and oxygen atoms in total. The van der Waals surface area contributed by atoms with Gasteiger partial charge in [0.15, 0.2) is 20.2 Å². The van der Waals surface area contributed by atoms with Crippen LogP contribution in [0.5, 0.6) is 0 Å². The van der Waals surface area contributed by atoms with E-state index in [1.54, 1.807) is 0 Å². The van der Waals surface area contributed by atoms with E-state index in [1.807, 2.05) is 0 Å². The van der Waals surface area contributed by atoms with Gasteiger partial charge < -0.3 is 9.11 Å². The molecule has 16 heteroatoms. The molecule has 0 atom stereocenters. The third-order valence-electron chi connectivity index (χ3n) is 0.567. The zero-order valence-electron chi connectivity index (χ0n) is 7.95. The molecule has 0 bridgehead atoms. The maximum atomic E-state index is 10.7. The predicted molar refractivity (Wildman–Crippen MR) is 31.5 cm³/mol. The van der Waals surface area contributed by atoms with Crippen molar-refractivity contribution in [2.45, 2.75) is 11.0 Å². The monoisotopic (exact) mass is 702 g/mol. The molecule has 102 valence electrons. The van der Waals surface area contributed by atoms with Crippen molar-refractivity contribution in [3.8, 4) is 0 Å². The van der Waals surface area contributed by atoms with Crippen LogP contribution >= 0.6 is 0 Å². The fourth-order valence-electron chi connectivity index (χ4n) is 0. The summed E-state index contributed by atoms with van der Waals surface area (Å²) in [6.45, 7) is 0. The van der Waals surface area contributed by atoms with Gasteiger partial charge in [0.05, 0.1) is 0 Å². The van der Waals surface area contributed by atoms with Crippen LogP contribution in [-0.2, 0) is 75.6 Å². The Hall–Kier alpha value is 1.27. The molecule has 0 spiro atoms. The van der Waals surface area contributed by atoms with Gasteiger partial charge in [-0.1, -0.05) is 0 Å². The second kappa shape index (κ2) is 8.53. The zero-order chi connectivity index (χ0) is 14.0. The minimum absolute atomic E-state index is 0. The van der Waals surface area contributed by atoms with Crippen molar-refractivity contribution < 1.29 is 108 Å². The molecule has 0 aliphatic rings. The maximum absolute atomic E-state index is 10.7. The second-order valence-electron chi connectivity index (χ2n) is 1.80. The summed E-state index contributed by atoms with van der Waals surface area (Å²) in [6.07, 6.45) is 0. The van der Waals surface area contributed by atoms with E-state index in [-0.39, 0.29) is 55.3 Å². The summed E-state index contributed by atoms with van der Waals surface area (Å²) in [5, 5.41) is 0. The molecule has 0 heterocycles. The molecular formula is C2F6Hg2O6S2. The quantitative estimate of drug-likeness (QED) is 0.154. The van der Waals surface area contributed by atoms with Gasteiger partial charge in [0.25, 0.3) is 0 Å². The average Bonchev–Trinajstić information content (AvgIpc) is 1.77. The summed E-state index contributed by atoms with van der Waals surface area (Å²) in [6, 6.07) is 0. The molecule has 0 aromatic carbocycles. The molecule has 0 aromatic rings. The Morgan fingerprint density at radius 1 is 0.611 bits per heavy atom. The minimum Gasteiger partial charge on any atom is -0.741 e. The number of rotatable bonds is 0. The van der Waals surface area contributed by atoms with Gasteiger partial charge in [-0.2, -0.15) is 26.3 Å². The number of halogens is 6. The minimum atomic E-state index is -6.09. The smallest absolute Gasteiger partial charge is 0.741 e. The van der Waals surface area contributed by atoms with Crippen molar-refractivity contribution in [1.82, 2.24) is 0 Å². The Kier molecular flexibility index (Phi) is 13.1. The van der Waals surface area contributed by atoms with E-state index in [0.29, 0.717) is 0 Å². The van der Waals surface area contributed by atoms with Crippen molar-refractivity contribution in [2.24, 2.45) is 0 Å². The third-order valence-corrected chi connectivity index (χ3v) is 1.70. The van der Waals surface area contributed by atoms with Crippen molar-refractivity contribution in [3.05, 3.63) is 0 Å². The van der Waals surface area contributed by atoms with Crippen molar-refractivity contribution in [2.75, 3.05) is 0 Å². The van der Waals surface area contributed by atoms with Gasteiger partial charge in [0, 0.05) is 0 Å². The average molecular weight is 699 g/mol. The van der Waals surface area contributed by atoms with Crippen molar-refractivity contribution >= 4 is 20.2 Å².